The number of methoxy groups -OCH3 is 1. The van der Waals surface area contributed by atoms with Crippen molar-refractivity contribution in [2.24, 2.45) is 0 Å². The van der Waals surface area contributed by atoms with Crippen molar-refractivity contribution in [3.8, 4) is 17.0 Å². The van der Waals surface area contributed by atoms with E-state index in [2.05, 4.69) is 15.4 Å². The molecule has 0 radical (unpaired) electrons. The Kier molecular flexibility index (Phi) is 5.18. The molecule has 164 valence electrons. The molecule has 5 aromatic rings. The average molecular weight is 444 g/mol. The van der Waals surface area contributed by atoms with Gasteiger partial charge in [0, 0.05) is 28.2 Å². The summed E-state index contributed by atoms with van der Waals surface area (Å²) in [5.74, 6) is -0.568. The van der Waals surface area contributed by atoms with E-state index in [1.54, 1.807) is 25.4 Å². The number of carbonyl (C=O) groups excluding carboxylic acids is 1. The van der Waals surface area contributed by atoms with Crippen LogP contribution < -0.4 is 10.1 Å². The fourth-order valence-electron chi connectivity index (χ4n) is 3.81. The third-order valence-corrected chi connectivity index (χ3v) is 5.30. The molecule has 0 spiro atoms. The maximum absolute atomic E-state index is 14.1. The van der Waals surface area contributed by atoms with Gasteiger partial charge in [0.1, 0.15) is 29.6 Å². The highest BCUT2D eigenvalue weighted by molar-refractivity contribution is 6.08. The SMILES string of the molecule is COc1ccc(-c2nn(CC(=O)Nc3cccc(F)c3)c3c2cnc2ccc(F)cc23)cc1. The molecule has 33 heavy (non-hydrogen) atoms. The van der Waals surface area contributed by atoms with Gasteiger partial charge in [-0.1, -0.05) is 6.07 Å². The minimum atomic E-state index is -0.452. The first-order chi connectivity index (χ1) is 16.0. The van der Waals surface area contributed by atoms with Crippen LogP contribution in [0.15, 0.2) is 72.9 Å². The largest absolute Gasteiger partial charge is 0.497 e. The zero-order valence-corrected chi connectivity index (χ0v) is 17.5. The molecule has 0 aliphatic heterocycles. The van der Waals surface area contributed by atoms with Crippen molar-refractivity contribution in [2.45, 2.75) is 6.54 Å². The predicted octanol–water partition coefficient (Wildman–Crippen LogP) is 5.18. The van der Waals surface area contributed by atoms with Crippen molar-refractivity contribution in [2.75, 3.05) is 12.4 Å². The van der Waals surface area contributed by atoms with Crippen LogP contribution >= 0.6 is 0 Å². The highest BCUT2D eigenvalue weighted by Crippen LogP contribution is 2.33. The summed E-state index contributed by atoms with van der Waals surface area (Å²) in [6, 6.07) is 17.3. The third kappa shape index (κ3) is 3.98. The molecule has 3 aromatic carbocycles. The van der Waals surface area contributed by atoms with E-state index in [4.69, 9.17) is 4.74 Å². The van der Waals surface area contributed by atoms with Gasteiger partial charge >= 0.3 is 0 Å². The van der Waals surface area contributed by atoms with E-state index in [0.717, 1.165) is 5.56 Å². The fourth-order valence-corrected chi connectivity index (χ4v) is 3.81. The number of nitrogens with one attached hydrogen (secondary N) is 1. The monoisotopic (exact) mass is 444 g/mol. The Morgan fingerprint density at radius 1 is 1.00 bits per heavy atom. The number of ether oxygens (including phenoxy) is 1. The Labute approximate surface area is 187 Å². The number of carbonyl (C=O) groups is 1. The van der Waals surface area contributed by atoms with Crippen molar-refractivity contribution in [3.63, 3.8) is 0 Å². The van der Waals surface area contributed by atoms with Crippen LogP contribution in [0.5, 0.6) is 5.75 Å². The number of hydrogen-bond acceptors (Lipinski definition) is 4. The molecule has 1 amide bonds. The average Bonchev–Trinajstić information content (AvgIpc) is 3.17. The van der Waals surface area contributed by atoms with Crippen molar-refractivity contribution in [1.29, 1.82) is 0 Å². The number of aromatic nitrogens is 3. The van der Waals surface area contributed by atoms with Gasteiger partial charge in [-0.05, 0) is 60.7 Å². The topological polar surface area (TPSA) is 69.0 Å². The Balaban J connectivity index is 1.62. The summed E-state index contributed by atoms with van der Waals surface area (Å²) in [4.78, 5) is 17.2. The number of rotatable bonds is 5. The number of nitrogens with zero attached hydrogens (tertiary/aromatic N) is 3. The van der Waals surface area contributed by atoms with Gasteiger partial charge in [-0.25, -0.2) is 8.78 Å². The van der Waals surface area contributed by atoms with E-state index in [-0.39, 0.29) is 6.54 Å². The van der Waals surface area contributed by atoms with Gasteiger partial charge in [-0.2, -0.15) is 5.10 Å². The number of benzene rings is 3. The molecule has 0 aliphatic carbocycles. The molecule has 6 nitrogen and oxygen atoms in total. The Hall–Kier alpha value is -4.33. The van der Waals surface area contributed by atoms with Crippen LogP contribution in [0.25, 0.3) is 33.1 Å². The summed E-state index contributed by atoms with van der Waals surface area (Å²) < 4.78 is 34.3. The third-order valence-electron chi connectivity index (χ3n) is 5.30. The van der Waals surface area contributed by atoms with E-state index in [9.17, 15) is 13.6 Å². The van der Waals surface area contributed by atoms with Gasteiger partial charge in [-0.3, -0.25) is 14.5 Å². The number of hydrogen-bond donors (Lipinski definition) is 1. The lowest BCUT2D eigenvalue weighted by Gasteiger charge is -2.08. The quantitative estimate of drug-likeness (QED) is 0.406. The summed E-state index contributed by atoms with van der Waals surface area (Å²) in [7, 11) is 1.58. The molecule has 0 aliphatic rings. The summed E-state index contributed by atoms with van der Waals surface area (Å²) in [6.07, 6.45) is 1.67. The number of pyridine rings is 1. The molecular formula is C25H18F2N4O2. The summed E-state index contributed by atoms with van der Waals surface area (Å²) in [6.45, 7) is -0.154. The smallest absolute Gasteiger partial charge is 0.246 e. The van der Waals surface area contributed by atoms with Crippen LogP contribution in [0.3, 0.4) is 0 Å². The second-order valence-electron chi connectivity index (χ2n) is 7.48. The fraction of sp³-hybridized carbons (Fsp3) is 0.0800. The lowest BCUT2D eigenvalue weighted by atomic mass is 10.1. The number of halogens is 2. The molecule has 0 atom stereocenters. The van der Waals surface area contributed by atoms with Crippen LogP contribution in [0, 0.1) is 11.6 Å². The van der Waals surface area contributed by atoms with E-state index < -0.39 is 17.5 Å². The van der Waals surface area contributed by atoms with E-state index >= 15 is 0 Å². The maximum Gasteiger partial charge on any atom is 0.246 e. The summed E-state index contributed by atoms with van der Waals surface area (Å²) in [5.41, 5.74) is 2.90. The molecule has 0 unspecified atom stereocenters. The highest BCUT2D eigenvalue weighted by atomic mass is 19.1. The van der Waals surface area contributed by atoms with Crippen molar-refractivity contribution in [3.05, 3.63) is 84.6 Å². The molecule has 0 saturated carbocycles. The number of anilines is 1. The van der Waals surface area contributed by atoms with Crippen LogP contribution in [0.4, 0.5) is 14.5 Å². The van der Waals surface area contributed by atoms with Gasteiger partial charge < -0.3 is 10.1 Å². The zero-order chi connectivity index (χ0) is 22.9. The van der Waals surface area contributed by atoms with E-state index in [0.29, 0.717) is 38.9 Å². The van der Waals surface area contributed by atoms with Gasteiger partial charge in [0.2, 0.25) is 5.91 Å². The van der Waals surface area contributed by atoms with Crippen LogP contribution in [0.1, 0.15) is 0 Å². The molecule has 8 heteroatoms. The zero-order valence-electron chi connectivity index (χ0n) is 17.5. The first kappa shape index (κ1) is 20.6. The van der Waals surface area contributed by atoms with Gasteiger partial charge in [-0.15, -0.1) is 0 Å². The molecule has 0 saturated heterocycles. The molecule has 0 fully saturated rings. The lowest BCUT2D eigenvalue weighted by molar-refractivity contribution is -0.116. The second-order valence-corrected chi connectivity index (χ2v) is 7.48. The Morgan fingerprint density at radius 3 is 2.55 bits per heavy atom. The van der Waals surface area contributed by atoms with Crippen LogP contribution in [-0.2, 0) is 11.3 Å². The predicted molar refractivity (Wildman–Crippen MR) is 122 cm³/mol. The second kappa shape index (κ2) is 8.31. The standard InChI is InChI=1S/C25H18F2N4O2/c1-33-19-8-5-15(6-9-19)24-21-13-28-22-10-7-17(27)12-20(22)25(21)31(30-24)14-23(32)29-18-4-2-3-16(26)11-18/h2-13H,14H2,1H3,(H,29,32). The minimum absolute atomic E-state index is 0.154. The lowest BCUT2D eigenvalue weighted by Crippen LogP contribution is -2.19. The number of amides is 1. The summed E-state index contributed by atoms with van der Waals surface area (Å²) in [5, 5.41) is 8.56. The molecule has 2 aromatic heterocycles. The van der Waals surface area contributed by atoms with Crippen LogP contribution in [0.2, 0.25) is 0 Å². The van der Waals surface area contributed by atoms with Crippen LogP contribution in [-0.4, -0.2) is 27.8 Å². The normalized spacial score (nSPS) is 11.1. The van der Waals surface area contributed by atoms with Gasteiger partial charge in [0.25, 0.3) is 0 Å². The van der Waals surface area contributed by atoms with E-state index in [1.165, 1.54) is 35.0 Å². The van der Waals surface area contributed by atoms with E-state index in [1.807, 2.05) is 24.3 Å². The Bertz CT molecular complexity index is 1500. The highest BCUT2D eigenvalue weighted by Gasteiger charge is 2.18. The van der Waals surface area contributed by atoms with Crippen molar-refractivity contribution in [1.82, 2.24) is 14.8 Å². The summed E-state index contributed by atoms with van der Waals surface area (Å²) >= 11 is 0. The molecule has 1 N–H and O–H groups in total. The Morgan fingerprint density at radius 2 is 1.79 bits per heavy atom. The first-order valence-electron chi connectivity index (χ1n) is 10.2. The number of fused-ring (bicyclic) bond motifs is 3. The molecular weight excluding hydrogens is 426 g/mol. The minimum Gasteiger partial charge on any atom is -0.497 e. The maximum atomic E-state index is 14.1. The van der Waals surface area contributed by atoms with Crippen molar-refractivity contribution < 1.29 is 18.3 Å². The molecule has 0 bridgehead atoms. The van der Waals surface area contributed by atoms with Gasteiger partial charge in [0.15, 0.2) is 0 Å². The molecule has 5 rings (SSSR count). The van der Waals surface area contributed by atoms with Gasteiger partial charge in [0.05, 0.1) is 18.1 Å². The molecule has 2 heterocycles. The van der Waals surface area contributed by atoms with Crippen molar-refractivity contribution >= 4 is 33.4 Å². The first-order valence-corrected chi connectivity index (χ1v) is 10.2.